The second kappa shape index (κ2) is 14.2. The smallest absolute Gasteiger partial charge is 0.194 e. The molecule has 2 saturated heterocycles. The maximum absolute atomic E-state index is 6.16. The Balaban J connectivity index is 0.00000341. The Bertz CT molecular complexity index is 658. The molecule has 1 unspecified atom stereocenters. The summed E-state index contributed by atoms with van der Waals surface area (Å²) in [5.74, 6) is 2.70. The molecule has 1 aromatic heterocycles. The number of aryl methyl sites for hydroxylation is 1. The van der Waals surface area contributed by atoms with Crippen molar-refractivity contribution in [3.05, 3.63) is 11.6 Å². The van der Waals surface area contributed by atoms with E-state index in [1.54, 1.807) is 7.11 Å². The van der Waals surface area contributed by atoms with Crippen LogP contribution in [0.25, 0.3) is 0 Å². The van der Waals surface area contributed by atoms with Crippen LogP contribution in [0.2, 0.25) is 0 Å². The van der Waals surface area contributed by atoms with Gasteiger partial charge >= 0.3 is 0 Å². The molecule has 31 heavy (non-hydrogen) atoms. The lowest BCUT2D eigenvalue weighted by molar-refractivity contribution is -0.0721. The van der Waals surface area contributed by atoms with Crippen molar-refractivity contribution >= 4 is 29.9 Å². The fraction of sp³-hybridized carbons (Fsp3) is 0.857. The van der Waals surface area contributed by atoms with Crippen molar-refractivity contribution in [1.82, 2.24) is 25.0 Å². The van der Waals surface area contributed by atoms with E-state index in [1.807, 2.05) is 18.5 Å². The Morgan fingerprint density at radius 1 is 1.23 bits per heavy atom. The molecule has 0 spiro atoms. The molecule has 0 aliphatic carbocycles. The van der Waals surface area contributed by atoms with Gasteiger partial charge in [0.05, 0.1) is 18.8 Å². The number of aromatic nitrogens is 3. The lowest BCUT2D eigenvalue weighted by Gasteiger charge is -2.35. The van der Waals surface area contributed by atoms with Gasteiger partial charge in [0.25, 0.3) is 0 Å². The van der Waals surface area contributed by atoms with E-state index in [4.69, 9.17) is 19.2 Å². The van der Waals surface area contributed by atoms with Gasteiger partial charge in [0.2, 0.25) is 0 Å². The summed E-state index contributed by atoms with van der Waals surface area (Å²) in [6.45, 7) is 7.52. The number of rotatable bonds is 9. The zero-order valence-corrected chi connectivity index (χ0v) is 21.5. The van der Waals surface area contributed by atoms with Gasteiger partial charge in [0.1, 0.15) is 12.4 Å². The van der Waals surface area contributed by atoms with Gasteiger partial charge in [0.15, 0.2) is 11.8 Å². The first kappa shape index (κ1) is 26.3. The van der Waals surface area contributed by atoms with E-state index in [2.05, 4.69) is 20.4 Å². The minimum atomic E-state index is 0. The van der Waals surface area contributed by atoms with E-state index >= 15 is 0 Å². The number of hydrogen-bond acceptors (Lipinski definition) is 6. The topological polar surface area (TPSA) is 86.0 Å². The van der Waals surface area contributed by atoms with Crippen molar-refractivity contribution in [2.24, 2.45) is 12.0 Å². The highest BCUT2D eigenvalue weighted by molar-refractivity contribution is 14.0. The van der Waals surface area contributed by atoms with Crippen molar-refractivity contribution < 1.29 is 14.2 Å². The first-order chi connectivity index (χ1) is 14.7. The predicted molar refractivity (Wildman–Crippen MR) is 131 cm³/mol. The molecule has 0 saturated carbocycles. The average Bonchev–Trinajstić information content (AvgIpc) is 3.10. The summed E-state index contributed by atoms with van der Waals surface area (Å²) in [6, 6.07) is 0. The fourth-order valence-corrected chi connectivity index (χ4v) is 3.84. The first-order valence-corrected chi connectivity index (χ1v) is 11.3. The van der Waals surface area contributed by atoms with E-state index in [0.29, 0.717) is 12.6 Å². The minimum Gasteiger partial charge on any atom is -0.385 e. The maximum atomic E-state index is 6.16. The molecule has 0 amide bonds. The number of piperidine rings is 1. The Morgan fingerprint density at radius 2 is 2.03 bits per heavy atom. The molecule has 9 nitrogen and oxygen atoms in total. The Labute approximate surface area is 203 Å². The largest absolute Gasteiger partial charge is 0.385 e. The molecular formula is C21H39IN6O3. The van der Waals surface area contributed by atoms with Crippen LogP contribution in [0.5, 0.6) is 0 Å². The average molecular weight is 550 g/mol. The molecular weight excluding hydrogens is 511 g/mol. The number of halogens is 1. The number of methoxy groups -OCH3 is 1. The van der Waals surface area contributed by atoms with Crippen molar-refractivity contribution in [3.8, 4) is 0 Å². The normalized spacial score (nSPS) is 20.5. The quantitative estimate of drug-likeness (QED) is 0.219. The number of guanidine groups is 1. The summed E-state index contributed by atoms with van der Waals surface area (Å²) in [4.78, 5) is 7.17. The Hall–Kier alpha value is -0.980. The fourth-order valence-electron chi connectivity index (χ4n) is 3.84. The third kappa shape index (κ3) is 8.47. The van der Waals surface area contributed by atoms with Crippen molar-refractivity contribution in [1.29, 1.82) is 0 Å². The molecule has 3 rings (SSSR count). The summed E-state index contributed by atoms with van der Waals surface area (Å²) >= 11 is 0. The SMILES string of the molecule is COCCCNC(=NCc1nnc(C)n1C)N1CCC(OCC2CCCCO2)CC1.I. The van der Waals surface area contributed by atoms with Gasteiger partial charge < -0.3 is 29.0 Å². The molecule has 1 aromatic rings. The molecule has 2 fully saturated rings. The zero-order chi connectivity index (χ0) is 21.2. The molecule has 2 aliphatic rings. The van der Waals surface area contributed by atoms with Gasteiger partial charge in [-0.1, -0.05) is 0 Å². The molecule has 0 aromatic carbocycles. The van der Waals surface area contributed by atoms with Gasteiger partial charge in [-0.2, -0.15) is 0 Å². The highest BCUT2D eigenvalue weighted by Gasteiger charge is 2.24. The second-order valence-corrected chi connectivity index (χ2v) is 8.14. The van der Waals surface area contributed by atoms with Crippen LogP contribution in [0.15, 0.2) is 4.99 Å². The van der Waals surface area contributed by atoms with Gasteiger partial charge in [0, 0.05) is 47.0 Å². The maximum Gasteiger partial charge on any atom is 0.194 e. The van der Waals surface area contributed by atoms with Gasteiger partial charge in [-0.25, -0.2) is 4.99 Å². The van der Waals surface area contributed by atoms with Crippen LogP contribution in [0.3, 0.4) is 0 Å². The van der Waals surface area contributed by atoms with Gasteiger partial charge in [-0.3, -0.25) is 0 Å². The molecule has 1 N–H and O–H groups in total. The van der Waals surface area contributed by atoms with Crippen LogP contribution in [-0.2, 0) is 27.8 Å². The molecule has 10 heteroatoms. The predicted octanol–water partition coefficient (Wildman–Crippen LogP) is 2.27. The molecule has 1 atom stereocenters. The molecule has 2 aliphatic heterocycles. The van der Waals surface area contributed by atoms with Gasteiger partial charge in [-0.05, 0) is 45.4 Å². The van der Waals surface area contributed by atoms with Crippen LogP contribution in [0, 0.1) is 6.92 Å². The van der Waals surface area contributed by atoms with Crippen LogP contribution in [0.4, 0.5) is 0 Å². The Morgan fingerprint density at radius 3 is 2.68 bits per heavy atom. The van der Waals surface area contributed by atoms with Crippen LogP contribution >= 0.6 is 24.0 Å². The van der Waals surface area contributed by atoms with Crippen LogP contribution < -0.4 is 5.32 Å². The van der Waals surface area contributed by atoms with Gasteiger partial charge in [-0.15, -0.1) is 34.2 Å². The number of hydrogen-bond donors (Lipinski definition) is 1. The summed E-state index contributed by atoms with van der Waals surface area (Å²) in [5, 5.41) is 11.9. The summed E-state index contributed by atoms with van der Waals surface area (Å²) in [7, 11) is 3.71. The summed E-state index contributed by atoms with van der Waals surface area (Å²) < 4.78 is 19.1. The highest BCUT2D eigenvalue weighted by atomic mass is 127. The first-order valence-electron chi connectivity index (χ1n) is 11.3. The van der Waals surface area contributed by atoms with E-state index in [-0.39, 0.29) is 30.1 Å². The number of nitrogens with one attached hydrogen (secondary N) is 1. The standard InChI is InChI=1S/C21H38N6O3.HI/c1-17-24-25-20(26(17)2)15-23-21(22-10-6-13-28-3)27-11-8-18(9-12-27)30-16-19-7-4-5-14-29-19;/h18-19H,4-16H2,1-3H3,(H,22,23);1H. The number of ether oxygens (including phenoxy) is 3. The molecule has 0 radical (unpaired) electrons. The number of nitrogens with zero attached hydrogens (tertiary/aromatic N) is 5. The number of likely N-dealkylation sites (tertiary alicyclic amines) is 1. The minimum absolute atomic E-state index is 0. The zero-order valence-electron chi connectivity index (χ0n) is 19.2. The van der Waals surface area contributed by atoms with E-state index in [9.17, 15) is 0 Å². The molecule has 178 valence electrons. The lowest BCUT2D eigenvalue weighted by atomic mass is 10.1. The van der Waals surface area contributed by atoms with E-state index in [0.717, 1.165) is 82.7 Å². The lowest BCUT2D eigenvalue weighted by Crippen LogP contribution is -2.47. The third-order valence-corrected chi connectivity index (χ3v) is 5.89. The highest BCUT2D eigenvalue weighted by Crippen LogP contribution is 2.18. The van der Waals surface area contributed by atoms with E-state index < -0.39 is 0 Å². The van der Waals surface area contributed by atoms with Crippen molar-refractivity contribution in [2.75, 3.05) is 46.6 Å². The van der Waals surface area contributed by atoms with Crippen LogP contribution in [-0.4, -0.2) is 84.4 Å². The Kier molecular flexibility index (Phi) is 12.1. The second-order valence-electron chi connectivity index (χ2n) is 8.14. The summed E-state index contributed by atoms with van der Waals surface area (Å²) in [6.07, 6.45) is 7.12. The van der Waals surface area contributed by atoms with Crippen molar-refractivity contribution in [2.45, 2.75) is 64.2 Å². The molecule has 3 heterocycles. The van der Waals surface area contributed by atoms with Crippen LogP contribution in [0.1, 0.15) is 50.2 Å². The molecule has 0 bridgehead atoms. The third-order valence-electron chi connectivity index (χ3n) is 5.89. The van der Waals surface area contributed by atoms with E-state index in [1.165, 1.54) is 12.8 Å². The monoisotopic (exact) mass is 550 g/mol. The number of aliphatic imine (C=N–C) groups is 1. The van der Waals surface area contributed by atoms with Crippen molar-refractivity contribution in [3.63, 3.8) is 0 Å². The summed E-state index contributed by atoms with van der Waals surface area (Å²) in [5.41, 5.74) is 0.